The lowest BCUT2D eigenvalue weighted by Crippen LogP contribution is -2.55. The molecule has 0 aliphatic carbocycles. The van der Waals surface area contributed by atoms with E-state index in [9.17, 15) is 4.79 Å². The first-order valence-electron chi connectivity index (χ1n) is 6.64. The Morgan fingerprint density at radius 1 is 1.56 bits per heavy atom. The number of piperidine rings is 1. The van der Waals surface area contributed by atoms with Crippen LogP contribution in [0.4, 0.5) is 0 Å². The number of methoxy groups -OCH3 is 1. The smallest absolute Gasteiger partial charge is 0.234 e. The molecule has 1 amide bonds. The molecule has 0 spiro atoms. The molecule has 1 heterocycles. The molecule has 1 unspecified atom stereocenters. The second kappa shape index (κ2) is 7.07. The lowest BCUT2D eigenvalue weighted by molar-refractivity contribution is -0.123. The van der Waals surface area contributed by atoms with Crippen LogP contribution in [0.3, 0.4) is 0 Å². The molecule has 1 saturated heterocycles. The molecule has 1 rings (SSSR count). The van der Waals surface area contributed by atoms with E-state index >= 15 is 0 Å². The first-order valence-corrected chi connectivity index (χ1v) is 6.64. The van der Waals surface area contributed by atoms with Crippen molar-refractivity contribution in [1.29, 1.82) is 0 Å². The summed E-state index contributed by atoms with van der Waals surface area (Å²) in [7, 11) is 3.67. The molecule has 0 aromatic rings. The summed E-state index contributed by atoms with van der Waals surface area (Å²) in [5, 5.41) is 6.27. The van der Waals surface area contributed by atoms with Gasteiger partial charge in [-0.15, -0.1) is 0 Å². The van der Waals surface area contributed by atoms with E-state index in [1.807, 2.05) is 7.05 Å². The molecular formula is C13H27N3O2. The largest absolute Gasteiger partial charge is 0.383 e. The van der Waals surface area contributed by atoms with Crippen molar-refractivity contribution in [3.05, 3.63) is 0 Å². The van der Waals surface area contributed by atoms with Crippen LogP contribution in [0.5, 0.6) is 0 Å². The van der Waals surface area contributed by atoms with Crippen LogP contribution in [0.2, 0.25) is 0 Å². The molecule has 5 nitrogen and oxygen atoms in total. The summed E-state index contributed by atoms with van der Waals surface area (Å²) in [6, 6.07) is 0.451. The van der Waals surface area contributed by atoms with E-state index in [0.29, 0.717) is 25.7 Å². The molecule has 1 aliphatic heterocycles. The Kier molecular flexibility index (Phi) is 6.05. The maximum atomic E-state index is 11.8. The maximum Gasteiger partial charge on any atom is 0.234 e. The highest BCUT2D eigenvalue weighted by Crippen LogP contribution is 2.28. The summed E-state index contributed by atoms with van der Waals surface area (Å²) in [4.78, 5) is 13.9. The van der Waals surface area contributed by atoms with Crippen molar-refractivity contribution in [3.8, 4) is 0 Å². The van der Waals surface area contributed by atoms with Crippen LogP contribution in [0.1, 0.15) is 20.3 Å². The van der Waals surface area contributed by atoms with E-state index in [2.05, 4.69) is 29.4 Å². The number of likely N-dealkylation sites (N-methyl/N-ethyl adjacent to an activating group) is 1. The average Bonchev–Trinajstić information content (AvgIpc) is 2.28. The Bertz CT molecular complexity index is 269. The Morgan fingerprint density at radius 2 is 2.28 bits per heavy atom. The molecule has 1 fully saturated rings. The van der Waals surface area contributed by atoms with E-state index in [1.165, 1.54) is 0 Å². The Labute approximate surface area is 110 Å². The number of hydrogen-bond acceptors (Lipinski definition) is 4. The Morgan fingerprint density at radius 3 is 2.89 bits per heavy atom. The summed E-state index contributed by atoms with van der Waals surface area (Å²) < 4.78 is 4.91. The van der Waals surface area contributed by atoms with Gasteiger partial charge in [0.25, 0.3) is 0 Å². The zero-order chi connectivity index (χ0) is 13.6. The lowest BCUT2D eigenvalue weighted by atomic mass is 9.79. The first kappa shape index (κ1) is 15.4. The standard InChI is InChI=1S/C13H27N3O2/c1-13(2)10-14-6-5-11(13)16(3)9-12(17)15-7-8-18-4/h11,14H,5-10H2,1-4H3,(H,15,17). The van der Waals surface area contributed by atoms with Gasteiger partial charge in [0.1, 0.15) is 0 Å². The molecule has 0 aromatic heterocycles. The van der Waals surface area contributed by atoms with Crippen molar-refractivity contribution >= 4 is 5.91 Å². The molecule has 1 aliphatic rings. The van der Waals surface area contributed by atoms with E-state index in [-0.39, 0.29) is 11.3 Å². The van der Waals surface area contributed by atoms with Gasteiger partial charge in [0.05, 0.1) is 13.2 Å². The third kappa shape index (κ3) is 4.55. The van der Waals surface area contributed by atoms with Gasteiger partial charge in [-0.05, 0) is 25.4 Å². The summed E-state index contributed by atoms with van der Waals surface area (Å²) in [5.41, 5.74) is 0.208. The number of ether oxygens (including phenoxy) is 1. The maximum absolute atomic E-state index is 11.8. The Balaban J connectivity index is 2.38. The monoisotopic (exact) mass is 257 g/mol. The molecule has 18 heavy (non-hydrogen) atoms. The van der Waals surface area contributed by atoms with Gasteiger partial charge in [0, 0.05) is 26.2 Å². The van der Waals surface area contributed by atoms with Gasteiger partial charge in [0.2, 0.25) is 5.91 Å². The fourth-order valence-electron chi connectivity index (χ4n) is 2.66. The van der Waals surface area contributed by atoms with E-state index in [1.54, 1.807) is 7.11 Å². The number of amides is 1. The van der Waals surface area contributed by atoms with Crippen molar-refractivity contribution in [3.63, 3.8) is 0 Å². The summed E-state index contributed by atoms with van der Waals surface area (Å²) in [6.45, 7) is 8.15. The third-order valence-electron chi connectivity index (χ3n) is 3.63. The summed E-state index contributed by atoms with van der Waals surface area (Å²) >= 11 is 0. The van der Waals surface area contributed by atoms with Crippen LogP contribution in [0.25, 0.3) is 0 Å². The summed E-state index contributed by atoms with van der Waals surface area (Å²) in [5.74, 6) is 0.0730. The lowest BCUT2D eigenvalue weighted by Gasteiger charge is -2.44. The van der Waals surface area contributed by atoms with Crippen LogP contribution in [-0.2, 0) is 9.53 Å². The minimum atomic E-state index is 0.0730. The van der Waals surface area contributed by atoms with Gasteiger partial charge in [-0.2, -0.15) is 0 Å². The molecule has 106 valence electrons. The first-order chi connectivity index (χ1) is 8.47. The molecule has 0 aromatic carbocycles. The van der Waals surface area contributed by atoms with Crippen molar-refractivity contribution < 1.29 is 9.53 Å². The topological polar surface area (TPSA) is 53.6 Å². The number of hydrogen-bond donors (Lipinski definition) is 2. The molecule has 1 atom stereocenters. The number of rotatable bonds is 6. The van der Waals surface area contributed by atoms with Crippen LogP contribution >= 0.6 is 0 Å². The van der Waals surface area contributed by atoms with Gasteiger partial charge in [0.15, 0.2) is 0 Å². The second-order valence-electron chi connectivity index (χ2n) is 5.73. The number of carbonyl (C=O) groups excluding carboxylic acids is 1. The van der Waals surface area contributed by atoms with Gasteiger partial charge in [-0.3, -0.25) is 9.69 Å². The van der Waals surface area contributed by atoms with Crippen LogP contribution in [0, 0.1) is 5.41 Å². The van der Waals surface area contributed by atoms with E-state index in [0.717, 1.165) is 19.5 Å². The highest BCUT2D eigenvalue weighted by molar-refractivity contribution is 5.78. The Hall–Kier alpha value is -0.650. The molecule has 2 N–H and O–H groups in total. The summed E-state index contributed by atoms with van der Waals surface area (Å²) in [6.07, 6.45) is 1.09. The van der Waals surface area contributed by atoms with Gasteiger partial charge in [-0.25, -0.2) is 0 Å². The zero-order valence-corrected chi connectivity index (χ0v) is 12.1. The van der Waals surface area contributed by atoms with Crippen LogP contribution in [0.15, 0.2) is 0 Å². The number of nitrogens with one attached hydrogen (secondary N) is 2. The molecular weight excluding hydrogens is 230 g/mol. The number of nitrogens with zero attached hydrogens (tertiary/aromatic N) is 1. The number of carbonyl (C=O) groups is 1. The predicted molar refractivity (Wildman–Crippen MR) is 72.6 cm³/mol. The average molecular weight is 257 g/mol. The highest BCUT2D eigenvalue weighted by Gasteiger charge is 2.35. The SMILES string of the molecule is COCCNC(=O)CN(C)C1CCNCC1(C)C. The minimum Gasteiger partial charge on any atom is -0.383 e. The van der Waals surface area contributed by atoms with E-state index < -0.39 is 0 Å². The fourth-order valence-corrected chi connectivity index (χ4v) is 2.66. The molecule has 5 heteroatoms. The van der Waals surface area contributed by atoms with Crippen molar-refractivity contribution in [2.24, 2.45) is 5.41 Å². The van der Waals surface area contributed by atoms with Gasteiger partial charge < -0.3 is 15.4 Å². The molecule has 0 bridgehead atoms. The van der Waals surface area contributed by atoms with Gasteiger partial charge in [-0.1, -0.05) is 13.8 Å². The normalized spacial score (nSPS) is 23.1. The second-order valence-corrected chi connectivity index (χ2v) is 5.73. The van der Waals surface area contributed by atoms with E-state index in [4.69, 9.17) is 4.74 Å². The molecule has 0 radical (unpaired) electrons. The van der Waals surface area contributed by atoms with Crippen molar-refractivity contribution in [2.45, 2.75) is 26.3 Å². The van der Waals surface area contributed by atoms with Crippen molar-refractivity contribution in [2.75, 3.05) is 46.9 Å². The quantitative estimate of drug-likeness (QED) is 0.661. The van der Waals surface area contributed by atoms with Crippen LogP contribution < -0.4 is 10.6 Å². The van der Waals surface area contributed by atoms with Crippen molar-refractivity contribution in [1.82, 2.24) is 15.5 Å². The van der Waals surface area contributed by atoms with Gasteiger partial charge >= 0.3 is 0 Å². The third-order valence-corrected chi connectivity index (χ3v) is 3.63. The highest BCUT2D eigenvalue weighted by atomic mass is 16.5. The minimum absolute atomic E-state index is 0.0730. The van der Waals surface area contributed by atoms with Crippen LogP contribution in [-0.4, -0.2) is 63.8 Å². The fraction of sp³-hybridized carbons (Fsp3) is 0.923. The zero-order valence-electron chi connectivity index (χ0n) is 12.1. The predicted octanol–water partition coefficient (Wildman–Crippen LogP) is 0.0689. The molecule has 0 saturated carbocycles.